The number of anilines is 1. The third-order valence-corrected chi connectivity index (χ3v) is 6.39. The SMILES string of the molecule is Cc1cc(C)cc(Cc2ccc3ccccc3c2/C=C2\C(=O)NC(=O)N(c3cccc(C)c3)C2=O)c1. The molecule has 1 aliphatic rings. The molecule has 0 spiro atoms. The molecule has 1 fully saturated rings. The fourth-order valence-corrected chi connectivity index (χ4v) is 4.86. The molecule has 36 heavy (non-hydrogen) atoms. The molecule has 0 aromatic heterocycles. The van der Waals surface area contributed by atoms with Crippen molar-refractivity contribution < 1.29 is 14.4 Å². The summed E-state index contributed by atoms with van der Waals surface area (Å²) >= 11 is 0. The lowest BCUT2D eigenvalue weighted by Gasteiger charge is -2.27. The molecule has 1 aliphatic heterocycles. The zero-order valence-electron chi connectivity index (χ0n) is 20.5. The van der Waals surface area contributed by atoms with E-state index in [0.717, 1.165) is 37.9 Å². The lowest BCUT2D eigenvalue weighted by atomic mass is 9.91. The van der Waals surface area contributed by atoms with Crippen LogP contribution in [0.3, 0.4) is 0 Å². The van der Waals surface area contributed by atoms with Gasteiger partial charge in [-0.05, 0) is 78.4 Å². The fraction of sp³-hybridized carbons (Fsp3) is 0.129. The van der Waals surface area contributed by atoms with Crippen LogP contribution in [0.1, 0.15) is 33.4 Å². The first-order chi connectivity index (χ1) is 17.3. The number of benzene rings is 4. The topological polar surface area (TPSA) is 66.5 Å². The number of urea groups is 1. The Kier molecular flexibility index (Phi) is 5.98. The minimum Gasteiger partial charge on any atom is -0.273 e. The van der Waals surface area contributed by atoms with E-state index in [1.807, 2.05) is 43.3 Å². The molecule has 0 unspecified atom stereocenters. The van der Waals surface area contributed by atoms with Gasteiger partial charge >= 0.3 is 6.03 Å². The van der Waals surface area contributed by atoms with Crippen molar-refractivity contribution in [3.8, 4) is 0 Å². The molecule has 4 amide bonds. The molecule has 5 nitrogen and oxygen atoms in total. The summed E-state index contributed by atoms with van der Waals surface area (Å²) in [6.07, 6.45) is 2.27. The zero-order chi connectivity index (χ0) is 25.4. The summed E-state index contributed by atoms with van der Waals surface area (Å²) in [5.41, 5.74) is 6.55. The van der Waals surface area contributed by atoms with E-state index in [9.17, 15) is 14.4 Å². The predicted octanol–water partition coefficient (Wildman–Crippen LogP) is 6.02. The zero-order valence-corrected chi connectivity index (χ0v) is 20.5. The van der Waals surface area contributed by atoms with E-state index < -0.39 is 17.8 Å². The van der Waals surface area contributed by atoms with Crippen molar-refractivity contribution in [2.45, 2.75) is 27.2 Å². The second kappa shape index (κ2) is 9.27. The van der Waals surface area contributed by atoms with Crippen LogP contribution in [-0.4, -0.2) is 17.8 Å². The minimum atomic E-state index is -0.749. The molecule has 4 aromatic carbocycles. The monoisotopic (exact) mass is 474 g/mol. The van der Waals surface area contributed by atoms with Crippen LogP contribution in [0.15, 0.2) is 84.4 Å². The fourth-order valence-electron chi connectivity index (χ4n) is 4.86. The van der Waals surface area contributed by atoms with Crippen molar-refractivity contribution >= 4 is 40.4 Å². The molecule has 178 valence electrons. The van der Waals surface area contributed by atoms with E-state index >= 15 is 0 Å². The van der Waals surface area contributed by atoms with Gasteiger partial charge in [0.15, 0.2) is 0 Å². The quantitative estimate of drug-likeness (QED) is 0.290. The van der Waals surface area contributed by atoms with Crippen LogP contribution in [-0.2, 0) is 16.0 Å². The van der Waals surface area contributed by atoms with E-state index in [4.69, 9.17) is 0 Å². The lowest BCUT2D eigenvalue weighted by Crippen LogP contribution is -2.54. The summed E-state index contributed by atoms with van der Waals surface area (Å²) in [6.45, 7) is 6.02. The number of nitrogens with zero attached hydrogens (tertiary/aromatic N) is 1. The number of barbiturate groups is 1. The maximum absolute atomic E-state index is 13.5. The van der Waals surface area contributed by atoms with Gasteiger partial charge in [-0.3, -0.25) is 14.9 Å². The highest BCUT2D eigenvalue weighted by molar-refractivity contribution is 6.39. The number of fused-ring (bicyclic) bond motifs is 1. The van der Waals surface area contributed by atoms with E-state index in [1.165, 1.54) is 11.1 Å². The second-order valence-corrected chi connectivity index (χ2v) is 9.33. The van der Waals surface area contributed by atoms with E-state index in [1.54, 1.807) is 24.3 Å². The van der Waals surface area contributed by atoms with Gasteiger partial charge in [0.05, 0.1) is 5.69 Å². The van der Waals surface area contributed by atoms with Crippen LogP contribution in [0.2, 0.25) is 0 Å². The van der Waals surface area contributed by atoms with Crippen molar-refractivity contribution in [2.75, 3.05) is 4.90 Å². The Hall–Kier alpha value is -4.51. The van der Waals surface area contributed by atoms with Crippen LogP contribution in [0, 0.1) is 20.8 Å². The first kappa shape index (κ1) is 23.2. The third-order valence-electron chi connectivity index (χ3n) is 6.39. The molecule has 0 bridgehead atoms. The Morgan fingerprint density at radius 3 is 2.28 bits per heavy atom. The van der Waals surface area contributed by atoms with E-state index in [0.29, 0.717) is 12.1 Å². The van der Waals surface area contributed by atoms with Crippen LogP contribution < -0.4 is 10.2 Å². The number of carbonyl (C=O) groups excluding carboxylic acids is 3. The van der Waals surface area contributed by atoms with Crippen molar-refractivity contribution in [3.63, 3.8) is 0 Å². The summed E-state index contributed by atoms with van der Waals surface area (Å²) in [4.78, 5) is 40.1. The average Bonchev–Trinajstić information content (AvgIpc) is 2.82. The van der Waals surface area contributed by atoms with Crippen LogP contribution >= 0.6 is 0 Å². The smallest absolute Gasteiger partial charge is 0.273 e. The van der Waals surface area contributed by atoms with Crippen molar-refractivity contribution in [2.24, 2.45) is 0 Å². The van der Waals surface area contributed by atoms with Gasteiger partial charge in [0, 0.05) is 0 Å². The van der Waals surface area contributed by atoms with Crippen molar-refractivity contribution in [3.05, 3.63) is 118 Å². The van der Waals surface area contributed by atoms with Gasteiger partial charge in [-0.1, -0.05) is 77.9 Å². The number of imide groups is 2. The summed E-state index contributed by atoms with van der Waals surface area (Å²) in [6, 6.07) is 24.8. The molecule has 4 aromatic rings. The number of nitrogens with one attached hydrogen (secondary N) is 1. The van der Waals surface area contributed by atoms with Gasteiger partial charge in [0.25, 0.3) is 11.8 Å². The van der Waals surface area contributed by atoms with E-state index in [-0.39, 0.29) is 5.57 Å². The number of hydrogen-bond donors (Lipinski definition) is 1. The summed E-state index contributed by atoms with van der Waals surface area (Å²) in [7, 11) is 0. The Balaban J connectivity index is 1.65. The average molecular weight is 475 g/mol. The standard InChI is InChI=1S/C31H26N2O3/c1-19-7-6-9-25(16-19)33-30(35)28(29(34)32-31(33)36)18-27-24(12-11-23-8-4-5-10-26(23)27)17-22-14-20(2)13-21(3)15-22/h4-16,18H,17H2,1-3H3,(H,32,34,36)/b28-18+. The summed E-state index contributed by atoms with van der Waals surface area (Å²) in [5.74, 6) is -1.33. The first-order valence-electron chi connectivity index (χ1n) is 11.9. The number of aryl methyl sites for hydroxylation is 3. The maximum Gasteiger partial charge on any atom is 0.335 e. The number of amides is 4. The molecular weight excluding hydrogens is 448 g/mol. The Bertz CT molecular complexity index is 1560. The Morgan fingerprint density at radius 1 is 0.778 bits per heavy atom. The molecule has 1 heterocycles. The number of hydrogen-bond acceptors (Lipinski definition) is 3. The maximum atomic E-state index is 13.5. The molecule has 0 saturated carbocycles. The molecule has 5 heteroatoms. The highest BCUT2D eigenvalue weighted by Crippen LogP contribution is 2.29. The highest BCUT2D eigenvalue weighted by atomic mass is 16.2. The minimum absolute atomic E-state index is 0.0749. The van der Waals surface area contributed by atoms with Crippen LogP contribution in [0.25, 0.3) is 16.8 Å². The Morgan fingerprint density at radius 2 is 1.53 bits per heavy atom. The molecule has 0 atom stereocenters. The number of rotatable bonds is 4. The van der Waals surface area contributed by atoms with Gasteiger partial charge in [-0.15, -0.1) is 0 Å². The summed E-state index contributed by atoms with van der Waals surface area (Å²) < 4.78 is 0. The molecule has 1 N–H and O–H groups in total. The van der Waals surface area contributed by atoms with Gasteiger partial charge in [-0.25, -0.2) is 9.69 Å². The van der Waals surface area contributed by atoms with Gasteiger partial charge in [-0.2, -0.15) is 0 Å². The van der Waals surface area contributed by atoms with Crippen LogP contribution in [0.4, 0.5) is 10.5 Å². The normalized spacial score (nSPS) is 15.0. The molecule has 1 saturated heterocycles. The van der Waals surface area contributed by atoms with Gasteiger partial charge in [0.2, 0.25) is 0 Å². The molecule has 0 radical (unpaired) electrons. The van der Waals surface area contributed by atoms with E-state index in [2.05, 4.69) is 43.4 Å². The van der Waals surface area contributed by atoms with Crippen molar-refractivity contribution in [1.82, 2.24) is 5.32 Å². The molecule has 5 rings (SSSR count). The van der Waals surface area contributed by atoms with Gasteiger partial charge in [0.1, 0.15) is 5.57 Å². The summed E-state index contributed by atoms with van der Waals surface area (Å²) in [5, 5.41) is 4.28. The second-order valence-electron chi connectivity index (χ2n) is 9.33. The molecule has 0 aliphatic carbocycles. The Labute approximate surface area is 210 Å². The lowest BCUT2D eigenvalue weighted by molar-refractivity contribution is -0.122. The van der Waals surface area contributed by atoms with Gasteiger partial charge < -0.3 is 0 Å². The predicted molar refractivity (Wildman–Crippen MR) is 143 cm³/mol. The highest BCUT2D eigenvalue weighted by Gasteiger charge is 2.37. The van der Waals surface area contributed by atoms with Crippen LogP contribution in [0.5, 0.6) is 0 Å². The molecular formula is C31H26N2O3. The number of carbonyl (C=O) groups is 3. The van der Waals surface area contributed by atoms with Crippen molar-refractivity contribution in [1.29, 1.82) is 0 Å². The third kappa shape index (κ3) is 4.43. The first-order valence-corrected chi connectivity index (χ1v) is 11.9. The largest absolute Gasteiger partial charge is 0.335 e.